The first-order valence-corrected chi connectivity index (χ1v) is 5.83. The van der Waals surface area contributed by atoms with Crippen molar-refractivity contribution in [1.82, 2.24) is 0 Å². The van der Waals surface area contributed by atoms with Gasteiger partial charge >= 0.3 is 11.4 Å². The van der Waals surface area contributed by atoms with E-state index < -0.39 is 43.7 Å². The van der Waals surface area contributed by atoms with Crippen LogP contribution in [0.5, 0.6) is 0 Å². The Bertz CT molecular complexity index is 693. The van der Waals surface area contributed by atoms with Crippen molar-refractivity contribution in [2.24, 2.45) is 5.73 Å². The summed E-state index contributed by atoms with van der Waals surface area (Å²) in [5.74, 6) is 0. The quantitative estimate of drug-likeness (QED) is 0.648. The molecule has 1 aromatic carbocycles. The molecule has 0 saturated heterocycles. The summed E-state index contributed by atoms with van der Waals surface area (Å²) in [7, 11) is 0. The summed E-state index contributed by atoms with van der Waals surface area (Å²) in [6.45, 7) is 0. The summed E-state index contributed by atoms with van der Waals surface area (Å²) in [5.41, 5.74) is 3.07. The number of non-ortho nitro benzene ring substituents is 1. The molecule has 1 aromatic rings. The van der Waals surface area contributed by atoms with Crippen molar-refractivity contribution >= 4 is 22.7 Å². The number of benzene rings is 1. The van der Waals surface area contributed by atoms with Gasteiger partial charge in [-0.3, -0.25) is 30.3 Å². The van der Waals surface area contributed by atoms with Gasteiger partial charge in [-0.1, -0.05) is 6.08 Å². The van der Waals surface area contributed by atoms with E-state index in [0.717, 1.165) is 4.90 Å². The highest BCUT2D eigenvalue weighted by Gasteiger charge is 2.35. The molecule has 0 aliphatic carbocycles. The van der Waals surface area contributed by atoms with Crippen LogP contribution >= 0.6 is 0 Å². The fourth-order valence-corrected chi connectivity index (χ4v) is 1.97. The number of hydrogen-bond acceptors (Lipinski definition) is 8. The molecule has 0 saturated carbocycles. The maximum absolute atomic E-state index is 11.2. The highest BCUT2D eigenvalue weighted by molar-refractivity contribution is 5.80. The van der Waals surface area contributed by atoms with Crippen LogP contribution in [0, 0.1) is 30.3 Å². The predicted octanol–water partition coefficient (Wildman–Crippen LogP) is 1.59. The molecule has 1 aliphatic rings. The molecular formula is C11H9N5O6. The van der Waals surface area contributed by atoms with Crippen LogP contribution in [-0.4, -0.2) is 20.9 Å². The first kappa shape index (κ1) is 15.1. The lowest BCUT2D eigenvalue weighted by Gasteiger charge is -2.26. The second kappa shape index (κ2) is 5.57. The van der Waals surface area contributed by atoms with Gasteiger partial charge in [0.25, 0.3) is 5.69 Å². The summed E-state index contributed by atoms with van der Waals surface area (Å²) < 4.78 is 0. The molecule has 0 fully saturated rings. The van der Waals surface area contributed by atoms with Crippen LogP contribution in [0.3, 0.4) is 0 Å². The second-order valence-corrected chi connectivity index (χ2v) is 4.23. The minimum Gasteiger partial charge on any atom is -0.317 e. The van der Waals surface area contributed by atoms with Crippen LogP contribution in [0.2, 0.25) is 0 Å². The van der Waals surface area contributed by atoms with Crippen molar-refractivity contribution in [2.45, 2.75) is 6.17 Å². The van der Waals surface area contributed by atoms with E-state index in [4.69, 9.17) is 5.73 Å². The molecule has 11 heteroatoms. The molecule has 22 heavy (non-hydrogen) atoms. The topological polar surface area (TPSA) is 159 Å². The zero-order valence-electron chi connectivity index (χ0n) is 10.9. The fraction of sp³-hybridized carbons (Fsp3) is 0.0909. The SMILES string of the molecule is NC1C=CC=CN1c1c([N+](=O)[O-])cc([N+](=O)[O-])cc1[N+](=O)[O-]. The second-order valence-electron chi connectivity index (χ2n) is 4.23. The molecule has 1 unspecified atom stereocenters. The highest BCUT2D eigenvalue weighted by atomic mass is 16.6. The maximum Gasteiger partial charge on any atom is 0.306 e. The molecular weight excluding hydrogens is 298 g/mol. The molecule has 0 bridgehead atoms. The third kappa shape index (κ3) is 2.60. The minimum absolute atomic E-state index is 0.409. The molecule has 11 nitrogen and oxygen atoms in total. The van der Waals surface area contributed by atoms with Gasteiger partial charge in [0.15, 0.2) is 0 Å². The highest BCUT2D eigenvalue weighted by Crippen LogP contribution is 2.42. The lowest BCUT2D eigenvalue weighted by atomic mass is 10.1. The Hall–Kier alpha value is -3.34. The first-order valence-electron chi connectivity index (χ1n) is 5.83. The van der Waals surface area contributed by atoms with Gasteiger partial charge in [-0.2, -0.15) is 0 Å². The molecule has 0 aromatic heterocycles. The summed E-state index contributed by atoms with van der Waals surface area (Å²) in [5, 5.41) is 33.1. The summed E-state index contributed by atoms with van der Waals surface area (Å²) in [6.07, 6.45) is 4.98. The number of nitro benzene ring substituents is 3. The van der Waals surface area contributed by atoms with Gasteiger partial charge in [-0.15, -0.1) is 0 Å². The maximum atomic E-state index is 11.2. The number of nitro groups is 3. The Morgan fingerprint density at radius 1 is 0.955 bits per heavy atom. The standard InChI is InChI=1S/C11H9N5O6/c12-10-3-1-2-4-13(10)11-8(15(19)20)5-7(14(17)18)6-9(11)16(21)22/h1-6,10H,12H2. The van der Waals surface area contributed by atoms with Gasteiger partial charge in [-0.25, -0.2) is 0 Å². The van der Waals surface area contributed by atoms with Crippen molar-refractivity contribution in [3.8, 4) is 0 Å². The number of nitrogens with two attached hydrogens (primary N) is 1. The van der Waals surface area contributed by atoms with Crippen LogP contribution < -0.4 is 10.6 Å². The zero-order chi connectivity index (χ0) is 16.4. The number of allylic oxidation sites excluding steroid dienone is 2. The van der Waals surface area contributed by atoms with E-state index in [1.807, 2.05) is 0 Å². The summed E-state index contributed by atoms with van der Waals surface area (Å²) in [4.78, 5) is 31.5. The van der Waals surface area contributed by atoms with Crippen LogP contribution in [0.15, 0.2) is 36.6 Å². The average molecular weight is 307 g/mol. The average Bonchev–Trinajstić information content (AvgIpc) is 2.46. The van der Waals surface area contributed by atoms with E-state index in [1.165, 1.54) is 18.4 Å². The third-order valence-corrected chi connectivity index (χ3v) is 2.90. The molecule has 0 radical (unpaired) electrons. The van der Waals surface area contributed by atoms with E-state index in [-0.39, 0.29) is 0 Å². The Labute approximate surface area is 122 Å². The van der Waals surface area contributed by atoms with Crippen LogP contribution in [-0.2, 0) is 0 Å². The van der Waals surface area contributed by atoms with Crippen molar-refractivity contribution in [3.63, 3.8) is 0 Å². The Morgan fingerprint density at radius 2 is 1.50 bits per heavy atom. The van der Waals surface area contributed by atoms with Gasteiger partial charge < -0.3 is 10.6 Å². The lowest BCUT2D eigenvalue weighted by Crippen LogP contribution is -2.38. The van der Waals surface area contributed by atoms with E-state index in [9.17, 15) is 30.3 Å². The van der Waals surface area contributed by atoms with Crippen molar-refractivity contribution in [2.75, 3.05) is 4.90 Å². The molecule has 0 amide bonds. The molecule has 1 aliphatic heterocycles. The van der Waals surface area contributed by atoms with E-state index in [0.29, 0.717) is 12.1 Å². The molecule has 2 rings (SSSR count). The van der Waals surface area contributed by atoms with Crippen LogP contribution in [0.1, 0.15) is 0 Å². The number of rotatable bonds is 4. The zero-order valence-corrected chi connectivity index (χ0v) is 10.9. The van der Waals surface area contributed by atoms with E-state index >= 15 is 0 Å². The van der Waals surface area contributed by atoms with Crippen molar-refractivity contribution < 1.29 is 14.8 Å². The van der Waals surface area contributed by atoms with E-state index in [2.05, 4.69) is 0 Å². The van der Waals surface area contributed by atoms with Gasteiger partial charge in [0, 0.05) is 6.20 Å². The molecule has 1 heterocycles. The van der Waals surface area contributed by atoms with Crippen LogP contribution in [0.4, 0.5) is 22.7 Å². The van der Waals surface area contributed by atoms with Gasteiger partial charge in [0.05, 0.1) is 26.9 Å². The molecule has 0 spiro atoms. The Morgan fingerprint density at radius 3 is 1.91 bits per heavy atom. The largest absolute Gasteiger partial charge is 0.317 e. The Kier molecular flexibility index (Phi) is 3.81. The minimum atomic E-state index is -0.935. The molecule has 114 valence electrons. The first-order chi connectivity index (χ1) is 10.3. The number of hydrogen-bond donors (Lipinski definition) is 1. The van der Waals surface area contributed by atoms with Crippen molar-refractivity contribution in [3.05, 3.63) is 66.9 Å². The van der Waals surface area contributed by atoms with Crippen molar-refractivity contribution in [1.29, 1.82) is 0 Å². The van der Waals surface area contributed by atoms with E-state index in [1.54, 1.807) is 6.08 Å². The smallest absolute Gasteiger partial charge is 0.306 e. The normalized spacial score (nSPS) is 16.6. The predicted molar refractivity (Wildman–Crippen MR) is 75.1 cm³/mol. The third-order valence-electron chi connectivity index (χ3n) is 2.90. The van der Waals surface area contributed by atoms with Gasteiger partial charge in [0.2, 0.25) is 5.69 Å². The van der Waals surface area contributed by atoms with Gasteiger partial charge in [-0.05, 0) is 12.2 Å². The lowest BCUT2D eigenvalue weighted by molar-refractivity contribution is -0.402. The number of anilines is 1. The fourth-order valence-electron chi connectivity index (χ4n) is 1.97. The summed E-state index contributed by atoms with van der Waals surface area (Å²) >= 11 is 0. The molecule has 2 N–H and O–H groups in total. The Balaban J connectivity index is 2.77. The van der Waals surface area contributed by atoms with Crippen LogP contribution in [0.25, 0.3) is 0 Å². The summed E-state index contributed by atoms with van der Waals surface area (Å²) in [6, 6.07) is 1.34. The number of nitrogens with zero attached hydrogens (tertiary/aromatic N) is 4. The monoisotopic (exact) mass is 307 g/mol. The van der Waals surface area contributed by atoms with Gasteiger partial charge in [0.1, 0.15) is 6.17 Å². The molecule has 1 atom stereocenters.